The van der Waals surface area contributed by atoms with Crippen molar-refractivity contribution in [1.29, 1.82) is 0 Å². The van der Waals surface area contributed by atoms with Gasteiger partial charge in [0.25, 0.3) is 0 Å². The zero-order valence-corrected chi connectivity index (χ0v) is 11.5. The van der Waals surface area contributed by atoms with Crippen LogP contribution in [-0.2, 0) is 11.2 Å². The zero-order valence-electron chi connectivity index (χ0n) is 11.5. The number of benzene rings is 2. The maximum Gasteiger partial charge on any atom is 0.231 e. The van der Waals surface area contributed by atoms with Gasteiger partial charge in [0, 0.05) is 12.7 Å². The van der Waals surface area contributed by atoms with Gasteiger partial charge >= 0.3 is 0 Å². The Morgan fingerprint density at radius 2 is 1.80 bits per heavy atom. The van der Waals surface area contributed by atoms with Crippen LogP contribution in [0.3, 0.4) is 0 Å². The molecule has 0 radical (unpaired) electrons. The fourth-order valence-corrected chi connectivity index (χ4v) is 1.87. The lowest BCUT2D eigenvalue weighted by Gasteiger charge is -2.18. The highest BCUT2D eigenvalue weighted by molar-refractivity contribution is 5.94. The van der Waals surface area contributed by atoms with Crippen molar-refractivity contribution in [1.82, 2.24) is 0 Å². The largest absolute Gasteiger partial charge is 0.497 e. The quantitative estimate of drug-likeness (QED) is 0.857. The molecule has 0 atom stereocenters. The molecule has 3 nitrogen and oxygen atoms in total. The number of methoxy groups -OCH3 is 1. The van der Waals surface area contributed by atoms with E-state index in [0.717, 1.165) is 11.4 Å². The third-order valence-corrected chi connectivity index (χ3v) is 3.13. The molecule has 20 heavy (non-hydrogen) atoms. The minimum absolute atomic E-state index is 0.0369. The normalized spacial score (nSPS) is 10.2. The van der Waals surface area contributed by atoms with Crippen LogP contribution in [0.5, 0.6) is 5.75 Å². The third-order valence-electron chi connectivity index (χ3n) is 3.13. The molecule has 4 heteroatoms. The van der Waals surface area contributed by atoms with Crippen molar-refractivity contribution in [3.05, 3.63) is 59.9 Å². The predicted molar refractivity (Wildman–Crippen MR) is 76.5 cm³/mol. The van der Waals surface area contributed by atoms with Crippen LogP contribution in [0, 0.1) is 5.82 Å². The lowest BCUT2D eigenvalue weighted by atomic mass is 10.1. The molecule has 2 aromatic rings. The van der Waals surface area contributed by atoms with Crippen LogP contribution in [0.4, 0.5) is 10.1 Å². The highest BCUT2D eigenvalue weighted by atomic mass is 19.1. The number of rotatable bonds is 4. The maximum absolute atomic E-state index is 13.5. The minimum atomic E-state index is -0.357. The number of hydrogen-bond donors (Lipinski definition) is 0. The van der Waals surface area contributed by atoms with Gasteiger partial charge in [0.05, 0.1) is 13.5 Å². The first-order valence-corrected chi connectivity index (χ1v) is 6.26. The number of ether oxygens (including phenoxy) is 1. The van der Waals surface area contributed by atoms with Gasteiger partial charge in [-0.2, -0.15) is 0 Å². The molecule has 0 N–H and O–H groups in total. The van der Waals surface area contributed by atoms with Gasteiger partial charge in [-0.15, -0.1) is 0 Å². The second-order valence-corrected chi connectivity index (χ2v) is 4.42. The summed E-state index contributed by atoms with van der Waals surface area (Å²) in [6.45, 7) is 0. The van der Waals surface area contributed by atoms with Gasteiger partial charge in [0.2, 0.25) is 5.91 Å². The Morgan fingerprint density at radius 3 is 2.40 bits per heavy atom. The van der Waals surface area contributed by atoms with Crippen LogP contribution in [0.15, 0.2) is 48.5 Å². The maximum atomic E-state index is 13.5. The van der Waals surface area contributed by atoms with E-state index in [1.54, 1.807) is 56.6 Å². The van der Waals surface area contributed by atoms with E-state index in [-0.39, 0.29) is 18.1 Å². The molecule has 0 fully saturated rings. The zero-order chi connectivity index (χ0) is 14.5. The SMILES string of the molecule is COc1ccc(N(C)C(=O)Cc2ccccc2F)cc1. The molecule has 0 aliphatic heterocycles. The number of carbonyl (C=O) groups excluding carboxylic acids is 1. The van der Waals surface area contributed by atoms with Gasteiger partial charge in [0.1, 0.15) is 11.6 Å². The first-order valence-electron chi connectivity index (χ1n) is 6.26. The highest BCUT2D eigenvalue weighted by Crippen LogP contribution is 2.19. The number of nitrogens with zero attached hydrogens (tertiary/aromatic N) is 1. The second kappa shape index (κ2) is 6.19. The van der Waals surface area contributed by atoms with E-state index in [4.69, 9.17) is 4.74 Å². The van der Waals surface area contributed by atoms with E-state index in [1.807, 2.05) is 0 Å². The van der Waals surface area contributed by atoms with Gasteiger partial charge in [-0.05, 0) is 35.9 Å². The molecule has 104 valence electrons. The van der Waals surface area contributed by atoms with Crippen LogP contribution < -0.4 is 9.64 Å². The average molecular weight is 273 g/mol. The molecule has 0 unspecified atom stereocenters. The van der Waals surface area contributed by atoms with Crippen LogP contribution in [0.25, 0.3) is 0 Å². The smallest absolute Gasteiger partial charge is 0.231 e. The molecule has 2 aromatic carbocycles. The molecule has 0 aliphatic rings. The van der Waals surface area contributed by atoms with Crippen molar-refractivity contribution in [2.75, 3.05) is 19.1 Å². The molecular weight excluding hydrogens is 257 g/mol. The van der Waals surface area contributed by atoms with E-state index >= 15 is 0 Å². The molecule has 0 spiro atoms. The van der Waals surface area contributed by atoms with E-state index in [2.05, 4.69) is 0 Å². The van der Waals surface area contributed by atoms with Gasteiger partial charge in [-0.3, -0.25) is 4.79 Å². The van der Waals surface area contributed by atoms with Crippen LogP contribution in [0.2, 0.25) is 0 Å². The molecule has 0 saturated heterocycles. The first-order chi connectivity index (χ1) is 9.61. The molecular formula is C16H16FNO2. The average Bonchev–Trinajstić information content (AvgIpc) is 2.49. The third kappa shape index (κ3) is 3.15. The summed E-state index contributed by atoms with van der Waals surface area (Å²) in [5, 5.41) is 0. The monoisotopic (exact) mass is 273 g/mol. The molecule has 0 heterocycles. The molecule has 0 bridgehead atoms. The summed E-state index contributed by atoms with van der Waals surface area (Å²) in [4.78, 5) is 13.7. The first kappa shape index (κ1) is 14.1. The van der Waals surface area contributed by atoms with Gasteiger partial charge < -0.3 is 9.64 Å². The second-order valence-electron chi connectivity index (χ2n) is 4.42. The Bertz CT molecular complexity index is 596. The molecule has 1 amide bonds. The van der Waals surface area contributed by atoms with Crippen molar-refractivity contribution < 1.29 is 13.9 Å². The summed E-state index contributed by atoms with van der Waals surface area (Å²) >= 11 is 0. The summed E-state index contributed by atoms with van der Waals surface area (Å²) < 4.78 is 18.6. The van der Waals surface area contributed by atoms with Gasteiger partial charge in [-0.1, -0.05) is 18.2 Å². The summed E-state index contributed by atoms with van der Waals surface area (Å²) in [6, 6.07) is 13.4. The number of halogens is 1. The number of anilines is 1. The van der Waals surface area contributed by atoms with Gasteiger partial charge in [0.15, 0.2) is 0 Å². The fourth-order valence-electron chi connectivity index (χ4n) is 1.87. The van der Waals surface area contributed by atoms with E-state index < -0.39 is 0 Å². The fraction of sp³-hybridized carbons (Fsp3) is 0.188. The standard InChI is InChI=1S/C16H16FNO2/c1-18(13-7-9-14(20-2)10-8-13)16(19)11-12-5-3-4-6-15(12)17/h3-10H,11H2,1-2H3. The van der Waals surface area contributed by atoms with E-state index in [9.17, 15) is 9.18 Å². The van der Waals surface area contributed by atoms with Crippen LogP contribution >= 0.6 is 0 Å². The lowest BCUT2D eigenvalue weighted by molar-refractivity contribution is -0.117. The Kier molecular flexibility index (Phi) is 4.35. The Labute approximate surface area is 117 Å². The summed E-state index contributed by atoms with van der Waals surface area (Å²) in [7, 11) is 3.26. The summed E-state index contributed by atoms with van der Waals surface area (Å²) in [6.07, 6.45) is 0.0369. The summed E-state index contributed by atoms with van der Waals surface area (Å²) in [5.41, 5.74) is 1.14. The predicted octanol–water partition coefficient (Wildman–Crippen LogP) is 3.04. The van der Waals surface area contributed by atoms with Crippen LogP contribution in [0.1, 0.15) is 5.56 Å². The number of likely N-dealkylation sites (N-methyl/N-ethyl adjacent to an activating group) is 1. The summed E-state index contributed by atoms with van der Waals surface area (Å²) in [5.74, 6) is 0.202. The van der Waals surface area contributed by atoms with Crippen molar-refractivity contribution in [3.63, 3.8) is 0 Å². The highest BCUT2D eigenvalue weighted by Gasteiger charge is 2.13. The lowest BCUT2D eigenvalue weighted by Crippen LogP contribution is -2.28. The van der Waals surface area contributed by atoms with Crippen molar-refractivity contribution in [3.8, 4) is 5.75 Å². The molecule has 2 rings (SSSR count). The van der Waals surface area contributed by atoms with Crippen molar-refractivity contribution in [2.45, 2.75) is 6.42 Å². The van der Waals surface area contributed by atoms with E-state index in [0.29, 0.717) is 5.56 Å². The Hall–Kier alpha value is -2.36. The van der Waals surface area contributed by atoms with Gasteiger partial charge in [-0.25, -0.2) is 4.39 Å². The van der Waals surface area contributed by atoms with Crippen LogP contribution in [-0.4, -0.2) is 20.1 Å². The molecule has 0 saturated carbocycles. The van der Waals surface area contributed by atoms with Crippen molar-refractivity contribution in [2.24, 2.45) is 0 Å². The topological polar surface area (TPSA) is 29.5 Å². The molecule has 0 aromatic heterocycles. The van der Waals surface area contributed by atoms with Crippen molar-refractivity contribution >= 4 is 11.6 Å². The number of amides is 1. The number of hydrogen-bond acceptors (Lipinski definition) is 2. The van der Waals surface area contributed by atoms with E-state index in [1.165, 1.54) is 11.0 Å². The molecule has 0 aliphatic carbocycles. The Balaban J connectivity index is 2.10. The minimum Gasteiger partial charge on any atom is -0.497 e. The number of carbonyl (C=O) groups is 1. The Morgan fingerprint density at radius 1 is 1.15 bits per heavy atom.